The first-order valence-electron chi connectivity index (χ1n) is 10.3. The van der Waals surface area contributed by atoms with Crippen molar-refractivity contribution in [1.29, 1.82) is 0 Å². The molecule has 0 fully saturated rings. The second kappa shape index (κ2) is 9.60. The van der Waals surface area contributed by atoms with E-state index in [1.807, 2.05) is 64.1 Å². The van der Waals surface area contributed by atoms with Crippen molar-refractivity contribution in [1.82, 2.24) is 5.32 Å². The number of ether oxygens (including phenoxy) is 1. The summed E-state index contributed by atoms with van der Waals surface area (Å²) in [5.41, 5.74) is 3.44. The molecule has 0 spiro atoms. The van der Waals surface area contributed by atoms with Gasteiger partial charge in [-0.15, -0.1) is 0 Å². The highest BCUT2D eigenvalue weighted by Gasteiger charge is 2.26. The quantitative estimate of drug-likeness (QED) is 0.463. The van der Waals surface area contributed by atoms with Crippen LogP contribution in [0.5, 0.6) is 0 Å². The zero-order valence-corrected chi connectivity index (χ0v) is 18.2. The molecule has 6 heteroatoms. The molecule has 162 valence electrons. The molecular formula is C25H27NO5. The van der Waals surface area contributed by atoms with Crippen LogP contribution in [-0.4, -0.2) is 17.9 Å². The van der Waals surface area contributed by atoms with Gasteiger partial charge in [0.1, 0.15) is 18.2 Å². The summed E-state index contributed by atoms with van der Waals surface area (Å²) < 4.78 is 10.8. The van der Waals surface area contributed by atoms with Crippen molar-refractivity contribution in [2.24, 2.45) is 5.92 Å². The zero-order valence-electron chi connectivity index (χ0n) is 18.2. The maximum atomic E-state index is 12.7. The molecule has 0 aliphatic carbocycles. The molecule has 1 amide bonds. The van der Waals surface area contributed by atoms with Crippen LogP contribution < -0.4 is 10.9 Å². The maximum Gasteiger partial charge on any atom is 0.336 e. The number of amides is 1. The Balaban J connectivity index is 1.72. The van der Waals surface area contributed by atoms with Gasteiger partial charge < -0.3 is 14.5 Å². The summed E-state index contributed by atoms with van der Waals surface area (Å²) in [4.78, 5) is 37.1. The van der Waals surface area contributed by atoms with Crippen LogP contribution in [-0.2, 0) is 27.4 Å². The van der Waals surface area contributed by atoms with Crippen LogP contribution in [0.25, 0.3) is 11.0 Å². The summed E-state index contributed by atoms with van der Waals surface area (Å²) in [6.45, 7) is 7.50. The van der Waals surface area contributed by atoms with Gasteiger partial charge in [-0.3, -0.25) is 4.79 Å². The lowest BCUT2D eigenvalue weighted by Gasteiger charge is -2.21. The van der Waals surface area contributed by atoms with Crippen molar-refractivity contribution >= 4 is 22.8 Å². The fourth-order valence-corrected chi connectivity index (χ4v) is 3.34. The second-order valence-corrected chi connectivity index (χ2v) is 8.08. The van der Waals surface area contributed by atoms with E-state index in [2.05, 4.69) is 5.32 Å². The van der Waals surface area contributed by atoms with Gasteiger partial charge in [-0.1, -0.05) is 44.2 Å². The SMILES string of the molecule is Cc1cc2oc(=O)cc(COC(=O)[C@@H](NC(=O)Cc3ccccc3)C(C)C)c2cc1C. The summed E-state index contributed by atoms with van der Waals surface area (Å²) in [7, 11) is 0. The van der Waals surface area contributed by atoms with Gasteiger partial charge in [0.15, 0.2) is 0 Å². The highest BCUT2D eigenvalue weighted by atomic mass is 16.5. The minimum atomic E-state index is -0.786. The van der Waals surface area contributed by atoms with Gasteiger partial charge in [0, 0.05) is 17.0 Å². The second-order valence-electron chi connectivity index (χ2n) is 8.08. The van der Waals surface area contributed by atoms with Crippen molar-refractivity contribution < 1.29 is 18.7 Å². The topological polar surface area (TPSA) is 85.6 Å². The molecule has 0 aliphatic rings. The lowest BCUT2D eigenvalue weighted by Crippen LogP contribution is -2.45. The highest BCUT2D eigenvalue weighted by Crippen LogP contribution is 2.22. The average Bonchev–Trinajstić information content (AvgIpc) is 2.72. The molecule has 1 atom stereocenters. The molecule has 0 aliphatic heterocycles. The van der Waals surface area contributed by atoms with E-state index in [9.17, 15) is 14.4 Å². The van der Waals surface area contributed by atoms with Crippen molar-refractivity contribution in [2.45, 2.75) is 46.8 Å². The van der Waals surface area contributed by atoms with Crippen LogP contribution in [0.1, 0.15) is 36.1 Å². The molecule has 0 saturated heterocycles. The van der Waals surface area contributed by atoms with Crippen molar-refractivity contribution in [3.8, 4) is 0 Å². The summed E-state index contributed by atoms with van der Waals surface area (Å²) >= 11 is 0. The molecule has 0 bridgehead atoms. The number of rotatable bonds is 7. The Hall–Kier alpha value is -3.41. The van der Waals surface area contributed by atoms with E-state index in [-0.39, 0.29) is 24.9 Å². The summed E-state index contributed by atoms with van der Waals surface area (Å²) in [6, 6.07) is 13.6. The Kier molecular flexibility index (Phi) is 6.90. The number of aryl methyl sites for hydroxylation is 2. The van der Waals surface area contributed by atoms with E-state index in [0.717, 1.165) is 22.1 Å². The van der Waals surface area contributed by atoms with Gasteiger partial charge >= 0.3 is 11.6 Å². The zero-order chi connectivity index (χ0) is 22.5. The standard InChI is InChI=1S/C25H27NO5/c1-15(2)24(26-22(27)12-18-8-6-5-7-9-18)25(29)30-14-19-13-23(28)31-21-11-17(4)16(3)10-20(19)21/h5-11,13,15,24H,12,14H2,1-4H3,(H,26,27)/t24-/m0/s1. The number of carbonyl (C=O) groups is 2. The smallest absolute Gasteiger partial charge is 0.336 e. The highest BCUT2D eigenvalue weighted by molar-refractivity contribution is 5.86. The Bertz CT molecular complexity index is 1150. The minimum Gasteiger partial charge on any atom is -0.459 e. The van der Waals surface area contributed by atoms with Gasteiger partial charge in [-0.05, 0) is 48.6 Å². The van der Waals surface area contributed by atoms with Crippen LogP contribution in [0.2, 0.25) is 0 Å². The number of fused-ring (bicyclic) bond motifs is 1. The van der Waals surface area contributed by atoms with Crippen LogP contribution in [0.15, 0.2) is 57.7 Å². The van der Waals surface area contributed by atoms with E-state index in [0.29, 0.717) is 11.1 Å². The molecule has 0 radical (unpaired) electrons. The monoisotopic (exact) mass is 421 g/mol. The molecule has 1 heterocycles. The molecule has 0 saturated carbocycles. The van der Waals surface area contributed by atoms with Gasteiger partial charge in [-0.2, -0.15) is 0 Å². The Labute approximate surface area is 181 Å². The third-order valence-electron chi connectivity index (χ3n) is 5.26. The van der Waals surface area contributed by atoms with Gasteiger partial charge in [0.25, 0.3) is 0 Å². The van der Waals surface area contributed by atoms with Crippen LogP contribution in [0, 0.1) is 19.8 Å². The van der Waals surface area contributed by atoms with Crippen LogP contribution in [0.4, 0.5) is 0 Å². The molecule has 6 nitrogen and oxygen atoms in total. The predicted octanol–water partition coefficient (Wildman–Crippen LogP) is 3.84. The number of nitrogens with one attached hydrogen (secondary N) is 1. The third-order valence-corrected chi connectivity index (χ3v) is 5.26. The van der Waals surface area contributed by atoms with Crippen LogP contribution >= 0.6 is 0 Å². The normalized spacial score (nSPS) is 12.0. The van der Waals surface area contributed by atoms with E-state index < -0.39 is 17.6 Å². The maximum absolute atomic E-state index is 12.7. The fourth-order valence-electron chi connectivity index (χ4n) is 3.34. The first-order valence-corrected chi connectivity index (χ1v) is 10.3. The van der Waals surface area contributed by atoms with Crippen molar-refractivity contribution in [3.05, 3.63) is 81.2 Å². The van der Waals surface area contributed by atoms with Gasteiger partial charge in [0.05, 0.1) is 6.42 Å². The molecule has 3 rings (SSSR count). The molecular weight excluding hydrogens is 394 g/mol. The molecule has 3 aromatic rings. The molecule has 1 aromatic heterocycles. The number of carbonyl (C=O) groups excluding carboxylic acids is 2. The Morgan fingerprint density at radius 3 is 2.39 bits per heavy atom. The summed E-state index contributed by atoms with van der Waals surface area (Å²) in [5.74, 6) is -0.949. The van der Waals surface area contributed by atoms with E-state index in [1.165, 1.54) is 6.07 Å². The lowest BCUT2D eigenvalue weighted by molar-refractivity contribution is -0.150. The Morgan fingerprint density at radius 1 is 1.03 bits per heavy atom. The first-order chi connectivity index (χ1) is 14.7. The van der Waals surface area contributed by atoms with Crippen LogP contribution in [0.3, 0.4) is 0 Å². The van der Waals surface area contributed by atoms with Gasteiger partial charge in [0.2, 0.25) is 5.91 Å². The predicted molar refractivity (Wildman–Crippen MR) is 119 cm³/mol. The van der Waals surface area contributed by atoms with E-state index >= 15 is 0 Å². The summed E-state index contributed by atoms with van der Waals surface area (Å²) in [5, 5.41) is 3.50. The minimum absolute atomic E-state index is 0.0821. The van der Waals surface area contributed by atoms with E-state index in [4.69, 9.17) is 9.15 Å². The molecule has 0 unspecified atom stereocenters. The lowest BCUT2D eigenvalue weighted by atomic mass is 10.0. The van der Waals surface area contributed by atoms with E-state index in [1.54, 1.807) is 6.07 Å². The van der Waals surface area contributed by atoms with Crippen molar-refractivity contribution in [3.63, 3.8) is 0 Å². The Morgan fingerprint density at radius 2 is 1.71 bits per heavy atom. The number of benzene rings is 2. The number of esters is 1. The molecule has 1 N–H and O–H groups in total. The molecule has 2 aromatic carbocycles. The fraction of sp³-hybridized carbons (Fsp3) is 0.320. The largest absolute Gasteiger partial charge is 0.459 e. The number of hydrogen-bond donors (Lipinski definition) is 1. The molecule has 31 heavy (non-hydrogen) atoms. The third kappa shape index (κ3) is 5.60. The average molecular weight is 421 g/mol. The first kappa shape index (κ1) is 22.3. The number of hydrogen-bond acceptors (Lipinski definition) is 5. The summed E-state index contributed by atoms with van der Waals surface area (Å²) in [6.07, 6.45) is 0.181. The van der Waals surface area contributed by atoms with Gasteiger partial charge in [-0.25, -0.2) is 9.59 Å². The van der Waals surface area contributed by atoms with Crippen molar-refractivity contribution in [2.75, 3.05) is 0 Å².